The molecular formula is C20H18O3. The highest BCUT2D eigenvalue weighted by Gasteiger charge is 2.06. The molecule has 1 heterocycles. The van der Waals surface area contributed by atoms with Crippen LogP contribution in [0.2, 0.25) is 0 Å². The van der Waals surface area contributed by atoms with E-state index in [9.17, 15) is 4.79 Å². The molecule has 3 heteroatoms. The van der Waals surface area contributed by atoms with Gasteiger partial charge in [0.2, 0.25) is 0 Å². The number of rotatable bonds is 5. The van der Waals surface area contributed by atoms with Crippen molar-refractivity contribution in [3.8, 4) is 5.75 Å². The number of benzene rings is 2. The molecule has 0 saturated heterocycles. The molecule has 0 amide bonds. The van der Waals surface area contributed by atoms with E-state index in [2.05, 4.69) is 6.58 Å². The number of fused-ring (bicyclic) bond motifs is 1. The second kappa shape index (κ2) is 6.53. The fraction of sp³-hybridized carbons (Fsp3) is 0.150. The third kappa shape index (κ3) is 3.19. The van der Waals surface area contributed by atoms with E-state index in [1.54, 1.807) is 12.1 Å². The van der Waals surface area contributed by atoms with Gasteiger partial charge in [0.1, 0.15) is 17.9 Å². The molecule has 0 saturated carbocycles. The maximum atomic E-state index is 11.6. The Morgan fingerprint density at radius 1 is 1.13 bits per heavy atom. The van der Waals surface area contributed by atoms with Crippen molar-refractivity contribution in [2.75, 3.05) is 0 Å². The van der Waals surface area contributed by atoms with E-state index in [1.807, 2.05) is 49.4 Å². The predicted molar refractivity (Wildman–Crippen MR) is 92.7 cm³/mol. The van der Waals surface area contributed by atoms with Crippen LogP contribution in [-0.4, -0.2) is 0 Å². The first-order valence-corrected chi connectivity index (χ1v) is 7.61. The summed E-state index contributed by atoms with van der Waals surface area (Å²) in [5, 5.41) is 0.950. The van der Waals surface area contributed by atoms with Crippen molar-refractivity contribution in [2.45, 2.75) is 20.0 Å². The minimum Gasteiger partial charge on any atom is -0.489 e. The van der Waals surface area contributed by atoms with Crippen molar-refractivity contribution in [3.63, 3.8) is 0 Å². The Kier molecular flexibility index (Phi) is 4.29. The predicted octanol–water partition coefficient (Wildman–Crippen LogP) is 4.58. The standard InChI is InChI=1S/C20H18O3/c1-3-14-7-5-6-8-16(14)13-22-17-9-10-18-15(4-2)11-20(21)23-19(18)12-17/h3,5-12H,1,4,13H2,2H3. The number of aryl methyl sites for hydroxylation is 1. The van der Waals surface area contributed by atoms with Gasteiger partial charge in [-0.2, -0.15) is 0 Å². The van der Waals surface area contributed by atoms with Gasteiger partial charge in [-0.05, 0) is 35.2 Å². The first-order chi connectivity index (χ1) is 11.2. The lowest BCUT2D eigenvalue weighted by Crippen LogP contribution is -2.01. The minimum atomic E-state index is -0.330. The van der Waals surface area contributed by atoms with Crippen molar-refractivity contribution in [2.24, 2.45) is 0 Å². The zero-order valence-corrected chi connectivity index (χ0v) is 13.0. The molecule has 3 rings (SSSR count). The van der Waals surface area contributed by atoms with Gasteiger partial charge in [-0.25, -0.2) is 4.79 Å². The van der Waals surface area contributed by atoms with Gasteiger partial charge in [0.05, 0.1) is 0 Å². The molecule has 3 nitrogen and oxygen atoms in total. The molecule has 0 bridgehead atoms. The zero-order chi connectivity index (χ0) is 16.2. The summed E-state index contributed by atoms with van der Waals surface area (Å²) < 4.78 is 11.1. The molecule has 0 spiro atoms. The normalized spacial score (nSPS) is 10.7. The Balaban J connectivity index is 1.89. The molecule has 116 valence electrons. The highest BCUT2D eigenvalue weighted by atomic mass is 16.5. The first-order valence-electron chi connectivity index (χ1n) is 7.61. The highest BCUT2D eigenvalue weighted by Crippen LogP contribution is 2.24. The summed E-state index contributed by atoms with van der Waals surface area (Å²) in [5.41, 5.74) is 3.33. The van der Waals surface area contributed by atoms with E-state index in [1.165, 1.54) is 0 Å². The van der Waals surface area contributed by atoms with Crippen LogP contribution in [0, 0.1) is 0 Å². The van der Waals surface area contributed by atoms with Gasteiger partial charge in [-0.15, -0.1) is 0 Å². The maximum absolute atomic E-state index is 11.6. The van der Waals surface area contributed by atoms with Gasteiger partial charge in [0.15, 0.2) is 0 Å². The zero-order valence-electron chi connectivity index (χ0n) is 13.0. The Morgan fingerprint density at radius 3 is 2.74 bits per heavy atom. The van der Waals surface area contributed by atoms with Crippen LogP contribution < -0.4 is 10.4 Å². The summed E-state index contributed by atoms with van der Waals surface area (Å²) in [5.74, 6) is 0.674. The molecule has 0 fully saturated rings. The molecule has 0 aliphatic carbocycles. The monoisotopic (exact) mass is 306 g/mol. The summed E-state index contributed by atoms with van der Waals surface area (Å²) in [6, 6.07) is 15.1. The summed E-state index contributed by atoms with van der Waals surface area (Å²) in [4.78, 5) is 11.6. The van der Waals surface area contributed by atoms with Gasteiger partial charge in [-0.3, -0.25) is 0 Å². The van der Waals surface area contributed by atoms with E-state index in [-0.39, 0.29) is 5.63 Å². The first kappa shape index (κ1) is 15.1. The molecule has 1 aromatic heterocycles. The number of ether oxygens (including phenoxy) is 1. The van der Waals surface area contributed by atoms with Crippen LogP contribution in [0.5, 0.6) is 5.75 Å². The molecule has 3 aromatic rings. The van der Waals surface area contributed by atoms with Crippen LogP contribution in [-0.2, 0) is 13.0 Å². The van der Waals surface area contributed by atoms with Crippen LogP contribution in [0.4, 0.5) is 0 Å². The Hall–Kier alpha value is -2.81. The summed E-state index contributed by atoms with van der Waals surface area (Å²) in [6.07, 6.45) is 2.60. The number of hydrogen-bond acceptors (Lipinski definition) is 3. The Labute approximate surface area is 134 Å². The molecule has 2 aromatic carbocycles. The second-order valence-electron chi connectivity index (χ2n) is 5.29. The smallest absolute Gasteiger partial charge is 0.336 e. The van der Waals surface area contributed by atoms with Crippen LogP contribution >= 0.6 is 0 Å². The summed E-state index contributed by atoms with van der Waals surface area (Å²) in [7, 11) is 0. The lowest BCUT2D eigenvalue weighted by Gasteiger charge is -2.10. The Bertz CT molecular complexity index is 906. The van der Waals surface area contributed by atoms with Gasteiger partial charge in [0.25, 0.3) is 0 Å². The molecule has 0 aliphatic rings. The summed E-state index contributed by atoms with van der Waals surface area (Å²) >= 11 is 0. The van der Waals surface area contributed by atoms with E-state index >= 15 is 0 Å². The fourth-order valence-electron chi connectivity index (χ4n) is 2.62. The van der Waals surface area contributed by atoms with Gasteiger partial charge < -0.3 is 9.15 Å². The van der Waals surface area contributed by atoms with Crippen LogP contribution in [0.3, 0.4) is 0 Å². The molecule has 0 radical (unpaired) electrons. The largest absolute Gasteiger partial charge is 0.489 e. The molecular weight excluding hydrogens is 288 g/mol. The molecule has 0 unspecified atom stereocenters. The second-order valence-corrected chi connectivity index (χ2v) is 5.29. The molecule has 0 N–H and O–H groups in total. The lowest BCUT2D eigenvalue weighted by molar-refractivity contribution is 0.306. The van der Waals surface area contributed by atoms with Gasteiger partial charge >= 0.3 is 5.63 Å². The van der Waals surface area contributed by atoms with Crippen LogP contribution in [0.15, 0.2) is 64.3 Å². The van der Waals surface area contributed by atoms with Crippen LogP contribution in [0.25, 0.3) is 17.0 Å². The van der Waals surface area contributed by atoms with Crippen molar-refractivity contribution >= 4 is 17.0 Å². The average molecular weight is 306 g/mol. The number of hydrogen-bond donors (Lipinski definition) is 0. The van der Waals surface area contributed by atoms with E-state index in [0.717, 1.165) is 28.5 Å². The maximum Gasteiger partial charge on any atom is 0.336 e. The topological polar surface area (TPSA) is 39.4 Å². The lowest BCUT2D eigenvalue weighted by atomic mass is 10.1. The van der Waals surface area contributed by atoms with Crippen molar-refractivity contribution in [1.82, 2.24) is 0 Å². The van der Waals surface area contributed by atoms with Gasteiger partial charge in [-0.1, -0.05) is 43.8 Å². The average Bonchev–Trinajstić information content (AvgIpc) is 2.59. The quantitative estimate of drug-likeness (QED) is 0.648. The van der Waals surface area contributed by atoms with E-state index in [4.69, 9.17) is 9.15 Å². The minimum absolute atomic E-state index is 0.330. The summed E-state index contributed by atoms with van der Waals surface area (Å²) in [6.45, 7) is 6.27. The SMILES string of the molecule is C=Cc1ccccc1COc1ccc2c(CC)cc(=O)oc2c1. The highest BCUT2D eigenvalue weighted by molar-refractivity contribution is 5.81. The molecule has 23 heavy (non-hydrogen) atoms. The Morgan fingerprint density at radius 2 is 1.96 bits per heavy atom. The fourth-order valence-corrected chi connectivity index (χ4v) is 2.62. The van der Waals surface area contributed by atoms with Crippen molar-refractivity contribution < 1.29 is 9.15 Å². The third-order valence-corrected chi connectivity index (χ3v) is 3.85. The third-order valence-electron chi connectivity index (χ3n) is 3.85. The van der Waals surface area contributed by atoms with E-state index in [0.29, 0.717) is 17.9 Å². The van der Waals surface area contributed by atoms with Gasteiger partial charge in [0, 0.05) is 17.5 Å². The van der Waals surface area contributed by atoms with E-state index < -0.39 is 0 Å². The van der Waals surface area contributed by atoms with Crippen LogP contribution in [0.1, 0.15) is 23.6 Å². The molecule has 0 atom stereocenters. The van der Waals surface area contributed by atoms with Crippen molar-refractivity contribution in [1.29, 1.82) is 0 Å². The molecule has 0 aliphatic heterocycles. The van der Waals surface area contributed by atoms with Crippen molar-refractivity contribution in [3.05, 3.63) is 82.2 Å².